The summed E-state index contributed by atoms with van der Waals surface area (Å²) in [6.45, 7) is 12.0. The van der Waals surface area contributed by atoms with E-state index in [2.05, 4.69) is 58.1 Å². The molecule has 1 aliphatic carbocycles. The molecule has 0 saturated carbocycles. The second-order valence-electron chi connectivity index (χ2n) is 9.53. The van der Waals surface area contributed by atoms with Crippen molar-refractivity contribution in [3.05, 3.63) is 82.5 Å². The molecule has 0 radical (unpaired) electrons. The molecule has 0 saturated heterocycles. The van der Waals surface area contributed by atoms with Crippen LogP contribution in [0, 0.1) is 5.41 Å². The highest BCUT2D eigenvalue weighted by Gasteiger charge is 2.26. The van der Waals surface area contributed by atoms with Gasteiger partial charge in [-0.3, -0.25) is 4.79 Å². The van der Waals surface area contributed by atoms with E-state index in [1.54, 1.807) is 0 Å². The molecule has 0 heterocycles. The summed E-state index contributed by atoms with van der Waals surface area (Å²) in [5.74, 6) is -0.603. The van der Waals surface area contributed by atoms with Gasteiger partial charge >= 0.3 is 5.97 Å². The smallest absolute Gasteiger partial charge is 0.309 e. The number of carbonyl (C=O) groups excluding carboxylic acids is 1. The zero-order valence-electron chi connectivity index (χ0n) is 20.6. The Morgan fingerprint density at radius 3 is 2.39 bits per heavy atom. The van der Waals surface area contributed by atoms with Crippen molar-refractivity contribution >= 4 is 21.3 Å². The highest BCUT2D eigenvalue weighted by molar-refractivity contribution is 7.73. The molecule has 0 aliphatic heterocycles. The van der Waals surface area contributed by atoms with E-state index in [0.717, 1.165) is 23.1 Å². The lowest BCUT2D eigenvalue weighted by Gasteiger charge is -2.33. The van der Waals surface area contributed by atoms with Gasteiger partial charge in [-0.25, -0.2) is 0 Å². The average Bonchev–Trinajstić information content (AvgIpc) is 2.72. The molecule has 0 bridgehead atoms. The quantitative estimate of drug-likeness (QED) is 0.193. The number of hydrogen-bond donors (Lipinski definition) is 0. The molecule has 1 unspecified atom stereocenters. The molecule has 0 N–H and O–H groups in total. The minimum absolute atomic E-state index is 0.0557. The van der Waals surface area contributed by atoms with Crippen molar-refractivity contribution in [2.24, 2.45) is 5.41 Å². The summed E-state index contributed by atoms with van der Waals surface area (Å²) in [7, 11) is -2.62. The Labute approximate surface area is 200 Å². The summed E-state index contributed by atoms with van der Waals surface area (Å²) in [5.41, 5.74) is 6.18. The van der Waals surface area contributed by atoms with E-state index in [9.17, 15) is 13.2 Å². The molecular weight excluding hydrogens is 432 g/mol. The van der Waals surface area contributed by atoms with Gasteiger partial charge in [0.15, 0.2) is 0 Å². The fourth-order valence-electron chi connectivity index (χ4n) is 4.43. The summed E-state index contributed by atoms with van der Waals surface area (Å²) >= 11 is 0. The molecule has 178 valence electrons. The molecule has 1 aromatic rings. The van der Waals surface area contributed by atoms with Crippen LogP contribution in [-0.2, 0) is 19.8 Å². The maximum Gasteiger partial charge on any atom is 0.309 e. The fraction of sp³-hybridized carbons (Fsp3) is 0.429. The van der Waals surface area contributed by atoms with Crippen molar-refractivity contribution in [3.63, 3.8) is 0 Å². The van der Waals surface area contributed by atoms with E-state index >= 15 is 0 Å². The topological polar surface area (TPSA) is 60.4 Å². The number of esters is 1. The standard InChI is InChI=1S/C28H36O4S/c1-20(14-15-26-22(3)11-10-16-28(26,5)6)17-25(24-12-8-7-9-13-24)18-21(2)19-27(33(30)31)32-23(4)29/h7-9,12-15,17,19,25H,10-11,16,18H2,1-6H3. The van der Waals surface area contributed by atoms with Crippen LogP contribution in [0.2, 0.25) is 0 Å². The molecule has 5 heteroatoms. The monoisotopic (exact) mass is 468 g/mol. The number of allylic oxidation sites excluding steroid dienone is 7. The van der Waals surface area contributed by atoms with Crippen molar-refractivity contribution < 1.29 is 17.9 Å². The molecule has 1 aliphatic rings. The van der Waals surface area contributed by atoms with E-state index in [4.69, 9.17) is 4.74 Å². The summed E-state index contributed by atoms with van der Waals surface area (Å²) in [6.07, 6.45) is 12.3. The summed E-state index contributed by atoms with van der Waals surface area (Å²) < 4.78 is 27.7. The predicted molar refractivity (Wildman–Crippen MR) is 136 cm³/mol. The van der Waals surface area contributed by atoms with Crippen molar-refractivity contribution in [2.75, 3.05) is 0 Å². The van der Waals surface area contributed by atoms with Crippen LogP contribution >= 0.6 is 0 Å². The van der Waals surface area contributed by atoms with E-state index in [-0.39, 0.29) is 16.4 Å². The lowest BCUT2D eigenvalue weighted by atomic mass is 9.72. The third kappa shape index (κ3) is 8.32. The van der Waals surface area contributed by atoms with Crippen LogP contribution in [-0.4, -0.2) is 19.4 Å². The second kappa shape index (κ2) is 12.0. The normalized spacial score (nSPS) is 17.8. The summed E-state index contributed by atoms with van der Waals surface area (Å²) in [4.78, 5) is 11.2. The van der Waals surface area contributed by atoms with Gasteiger partial charge < -0.3 is 4.74 Å². The molecule has 0 aromatic heterocycles. The molecule has 0 amide bonds. The molecular formula is C28H36O4S. The molecule has 2 rings (SSSR count). The molecule has 0 fully saturated rings. The van der Waals surface area contributed by atoms with Crippen LogP contribution < -0.4 is 0 Å². The lowest BCUT2D eigenvalue weighted by Crippen LogP contribution is -2.19. The van der Waals surface area contributed by atoms with Crippen LogP contribution in [0.25, 0.3) is 0 Å². The molecule has 0 spiro atoms. The first-order valence-electron chi connectivity index (χ1n) is 11.4. The van der Waals surface area contributed by atoms with Gasteiger partial charge in [-0.05, 0) is 69.1 Å². The van der Waals surface area contributed by atoms with Crippen molar-refractivity contribution in [2.45, 2.75) is 73.1 Å². The van der Waals surface area contributed by atoms with Crippen LogP contribution in [0.15, 0.2) is 76.9 Å². The van der Waals surface area contributed by atoms with Crippen LogP contribution in [0.4, 0.5) is 0 Å². The van der Waals surface area contributed by atoms with Crippen LogP contribution in [0.3, 0.4) is 0 Å². The van der Waals surface area contributed by atoms with E-state index in [1.807, 2.05) is 25.1 Å². The Morgan fingerprint density at radius 2 is 1.82 bits per heavy atom. The van der Waals surface area contributed by atoms with Crippen LogP contribution in [0.5, 0.6) is 0 Å². The zero-order valence-corrected chi connectivity index (χ0v) is 21.5. The van der Waals surface area contributed by atoms with E-state index < -0.39 is 16.3 Å². The zero-order chi connectivity index (χ0) is 24.6. The molecule has 4 nitrogen and oxygen atoms in total. The number of hydrogen-bond acceptors (Lipinski definition) is 4. The van der Waals surface area contributed by atoms with Crippen molar-refractivity contribution in [1.29, 1.82) is 0 Å². The first-order chi connectivity index (χ1) is 15.5. The van der Waals surface area contributed by atoms with E-state index in [0.29, 0.717) is 6.42 Å². The summed E-state index contributed by atoms with van der Waals surface area (Å²) in [5, 5.41) is -0.352. The minimum atomic E-state index is -2.62. The highest BCUT2D eigenvalue weighted by Crippen LogP contribution is 2.41. The van der Waals surface area contributed by atoms with Crippen LogP contribution in [0.1, 0.15) is 78.7 Å². The average molecular weight is 469 g/mol. The Morgan fingerprint density at radius 1 is 1.15 bits per heavy atom. The SMILES string of the molecule is CC(=O)OC(C=C(C)CC(C=C(C)C=CC1=C(C)CCCC1(C)C)c1ccccc1)=S(=O)=O. The van der Waals surface area contributed by atoms with Crippen molar-refractivity contribution in [1.82, 2.24) is 0 Å². The van der Waals surface area contributed by atoms with Gasteiger partial charge in [0.2, 0.25) is 5.05 Å². The number of rotatable bonds is 7. The van der Waals surface area contributed by atoms with Gasteiger partial charge in [0.25, 0.3) is 10.3 Å². The van der Waals surface area contributed by atoms with Crippen molar-refractivity contribution in [3.8, 4) is 0 Å². The highest BCUT2D eigenvalue weighted by atomic mass is 32.2. The maximum absolute atomic E-state index is 11.4. The van der Waals surface area contributed by atoms with Gasteiger partial charge in [0.05, 0.1) is 0 Å². The third-order valence-corrected chi connectivity index (χ3v) is 6.59. The Bertz CT molecular complexity index is 1110. The van der Waals surface area contributed by atoms with E-state index in [1.165, 1.54) is 37.0 Å². The van der Waals surface area contributed by atoms with Gasteiger partial charge in [0.1, 0.15) is 0 Å². The Balaban J connectivity index is 2.35. The van der Waals surface area contributed by atoms with Gasteiger partial charge in [0, 0.05) is 12.8 Å². The number of carbonyl (C=O) groups is 1. The predicted octanol–water partition coefficient (Wildman–Crippen LogP) is 6.71. The first kappa shape index (κ1) is 26.6. The third-order valence-electron chi connectivity index (χ3n) is 6.06. The minimum Gasteiger partial charge on any atom is -0.410 e. The maximum atomic E-state index is 11.4. The molecule has 1 aromatic carbocycles. The lowest BCUT2D eigenvalue weighted by molar-refractivity contribution is -0.132. The number of ether oxygens (including phenoxy) is 1. The fourth-order valence-corrected chi connectivity index (χ4v) is 4.91. The first-order valence-corrected chi connectivity index (χ1v) is 12.5. The Hall–Kier alpha value is -2.66. The Kier molecular flexibility index (Phi) is 9.66. The molecule has 1 atom stereocenters. The number of benzene rings is 1. The molecule has 33 heavy (non-hydrogen) atoms. The van der Waals surface area contributed by atoms with Gasteiger partial charge in [-0.15, -0.1) is 0 Å². The largest absolute Gasteiger partial charge is 0.410 e. The van der Waals surface area contributed by atoms with Gasteiger partial charge in [-0.2, -0.15) is 8.42 Å². The van der Waals surface area contributed by atoms with Gasteiger partial charge in [-0.1, -0.05) is 79.1 Å². The second-order valence-corrected chi connectivity index (χ2v) is 10.4. The summed E-state index contributed by atoms with van der Waals surface area (Å²) in [6, 6.07) is 10.1.